The number of hydrogen-bond acceptors (Lipinski definition) is 4. The molecule has 0 aliphatic carbocycles. The quantitative estimate of drug-likeness (QED) is 0.845. The molecule has 5 heteroatoms. The number of hydrogen-bond donors (Lipinski definition) is 2. The number of amides is 1. The Hall–Kier alpha value is -2.69. The zero-order valence-electron chi connectivity index (χ0n) is 12.0. The van der Waals surface area contributed by atoms with Crippen LogP contribution in [0.2, 0.25) is 0 Å². The monoisotopic (exact) mass is 286 g/mol. The fourth-order valence-electron chi connectivity index (χ4n) is 2.06. The molecule has 2 aromatic carbocycles. The second-order valence-corrected chi connectivity index (χ2v) is 4.79. The van der Waals surface area contributed by atoms with Gasteiger partial charge in [-0.05, 0) is 35.9 Å². The molecule has 0 atom stereocenters. The lowest BCUT2D eigenvalue weighted by atomic mass is 10.1. The highest BCUT2D eigenvalue weighted by atomic mass is 16.5. The van der Waals surface area contributed by atoms with Crippen molar-refractivity contribution < 1.29 is 14.6 Å². The first kappa shape index (κ1) is 14.7. The summed E-state index contributed by atoms with van der Waals surface area (Å²) in [5.41, 5.74) is 7.51. The Kier molecular flexibility index (Phi) is 4.33. The smallest absolute Gasteiger partial charge is 0.257 e. The Morgan fingerprint density at radius 2 is 2.05 bits per heavy atom. The molecule has 110 valence electrons. The van der Waals surface area contributed by atoms with Crippen LogP contribution in [0.25, 0.3) is 0 Å². The second kappa shape index (κ2) is 6.17. The van der Waals surface area contributed by atoms with Crippen molar-refractivity contribution in [3.63, 3.8) is 0 Å². The van der Waals surface area contributed by atoms with Crippen LogP contribution in [-0.2, 0) is 6.54 Å². The van der Waals surface area contributed by atoms with Crippen molar-refractivity contribution in [3.8, 4) is 11.5 Å². The maximum Gasteiger partial charge on any atom is 0.257 e. The van der Waals surface area contributed by atoms with Crippen LogP contribution in [-0.4, -0.2) is 30.1 Å². The van der Waals surface area contributed by atoms with Gasteiger partial charge in [0.1, 0.15) is 11.5 Å². The molecule has 0 heterocycles. The molecule has 0 aliphatic heterocycles. The van der Waals surface area contributed by atoms with Gasteiger partial charge >= 0.3 is 0 Å². The van der Waals surface area contributed by atoms with Crippen molar-refractivity contribution in [1.29, 1.82) is 0 Å². The van der Waals surface area contributed by atoms with E-state index in [-0.39, 0.29) is 17.2 Å². The summed E-state index contributed by atoms with van der Waals surface area (Å²) in [6.45, 7) is 0.403. The summed E-state index contributed by atoms with van der Waals surface area (Å²) in [5.74, 6) is 0.169. The van der Waals surface area contributed by atoms with Crippen molar-refractivity contribution in [2.45, 2.75) is 6.54 Å². The van der Waals surface area contributed by atoms with Gasteiger partial charge in [-0.2, -0.15) is 0 Å². The van der Waals surface area contributed by atoms with Gasteiger partial charge in [-0.25, -0.2) is 0 Å². The fourth-order valence-corrected chi connectivity index (χ4v) is 2.06. The van der Waals surface area contributed by atoms with E-state index in [2.05, 4.69) is 0 Å². The van der Waals surface area contributed by atoms with E-state index < -0.39 is 0 Å². The van der Waals surface area contributed by atoms with E-state index in [1.807, 2.05) is 18.2 Å². The van der Waals surface area contributed by atoms with E-state index in [0.717, 1.165) is 5.56 Å². The van der Waals surface area contributed by atoms with Crippen LogP contribution in [0.15, 0.2) is 42.5 Å². The van der Waals surface area contributed by atoms with Gasteiger partial charge in [-0.1, -0.05) is 12.1 Å². The van der Waals surface area contributed by atoms with Gasteiger partial charge in [-0.3, -0.25) is 4.79 Å². The average Bonchev–Trinajstić information content (AvgIpc) is 2.47. The minimum absolute atomic E-state index is 0.0692. The maximum atomic E-state index is 12.4. The number of nitrogen functional groups attached to an aromatic ring is 1. The van der Waals surface area contributed by atoms with Crippen LogP contribution in [0.4, 0.5) is 5.69 Å². The number of rotatable bonds is 4. The van der Waals surface area contributed by atoms with Crippen LogP contribution in [0.3, 0.4) is 0 Å². The van der Waals surface area contributed by atoms with E-state index >= 15 is 0 Å². The molecule has 2 aromatic rings. The summed E-state index contributed by atoms with van der Waals surface area (Å²) in [4.78, 5) is 13.9. The molecular weight excluding hydrogens is 268 g/mol. The molecule has 3 N–H and O–H groups in total. The minimum Gasteiger partial charge on any atom is -0.507 e. The third-order valence-corrected chi connectivity index (χ3v) is 3.15. The lowest BCUT2D eigenvalue weighted by Gasteiger charge is -2.18. The number of carbonyl (C=O) groups excluding carboxylic acids is 1. The van der Waals surface area contributed by atoms with Gasteiger partial charge in [0.25, 0.3) is 5.91 Å². The van der Waals surface area contributed by atoms with Gasteiger partial charge in [0, 0.05) is 19.3 Å². The Morgan fingerprint density at radius 1 is 1.29 bits per heavy atom. The van der Waals surface area contributed by atoms with Crippen molar-refractivity contribution in [1.82, 2.24) is 4.90 Å². The van der Waals surface area contributed by atoms with E-state index in [4.69, 9.17) is 10.5 Å². The highest BCUT2D eigenvalue weighted by molar-refractivity contribution is 5.97. The van der Waals surface area contributed by atoms with Gasteiger partial charge in [-0.15, -0.1) is 0 Å². The van der Waals surface area contributed by atoms with Crippen molar-refractivity contribution >= 4 is 11.6 Å². The van der Waals surface area contributed by atoms with E-state index in [0.29, 0.717) is 18.0 Å². The number of ether oxygens (including phenoxy) is 1. The maximum absolute atomic E-state index is 12.4. The normalized spacial score (nSPS) is 10.2. The molecule has 1 amide bonds. The van der Waals surface area contributed by atoms with Crippen LogP contribution in [0, 0.1) is 0 Å². The van der Waals surface area contributed by atoms with E-state index in [9.17, 15) is 9.90 Å². The lowest BCUT2D eigenvalue weighted by molar-refractivity contribution is 0.0781. The number of carbonyl (C=O) groups is 1. The van der Waals surface area contributed by atoms with Crippen molar-refractivity contribution in [2.24, 2.45) is 0 Å². The molecule has 21 heavy (non-hydrogen) atoms. The first-order valence-corrected chi connectivity index (χ1v) is 6.48. The Morgan fingerprint density at radius 3 is 2.71 bits per heavy atom. The second-order valence-electron chi connectivity index (χ2n) is 4.79. The number of phenols is 1. The molecule has 0 saturated heterocycles. The minimum atomic E-state index is -0.283. The first-order chi connectivity index (χ1) is 10.0. The molecule has 0 aromatic heterocycles. The van der Waals surface area contributed by atoms with Gasteiger partial charge in [0.2, 0.25) is 0 Å². The predicted octanol–water partition coefficient (Wildman–Crippen LogP) is 2.26. The number of aromatic hydroxyl groups is 1. The number of phenolic OH excluding ortho intramolecular Hbond substituents is 1. The fraction of sp³-hybridized carbons (Fsp3) is 0.188. The van der Waals surface area contributed by atoms with Crippen LogP contribution in [0.1, 0.15) is 15.9 Å². The van der Waals surface area contributed by atoms with Gasteiger partial charge in [0.15, 0.2) is 0 Å². The predicted molar refractivity (Wildman–Crippen MR) is 81.3 cm³/mol. The number of benzene rings is 2. The number of nitrogens with zero attached hydrogens (tertiary/aromatic N) is 1. The molecular formula is C16H18N2O3. The largest absolute Gasteiger partial charge is 0.507 e. The summed E-state index contributed by atoms with van der Waals surface area (Å²) in [6.07, 6.45) is 0. The zero-order chi connectivity index (χ0) is 15.4. The van der Waals surface area contributed by atoms with Gasteiger partial charge < -0.3 is 20.5 Å². The molecule has 0 aliphatic rings. The zero-order valence-corrected chi connectivity index (χ0v) is 12.0. The van der Waals surface area contributed by atoms with E-state index in [1.165, 1.54) is 24.1 Å². The Labute approximate surface area is 123 Å². The summed E-state index contributed by atoms with van der Waals surface area (Å²) in [7, 11) is 3.18. The lowest BCUT2D eigenvalue weighted by Crippen LogP contribution is -2.26. The SMILES string of the molecule is COc1ccc(O)c(C(=O)N(C)Cc2cccc(N)c2)c1. The third-order valence-electron chi connectivity index (χ3n) is 3.15. The number of anilines is 1. The van der Waals surface area contributed by atoms with Crippen LogP contribution in [0.5, 0.6) is 11.5 Å². The van der Waals surface area contributed by atoms with Gasteiger partial charge in [0.05, 0.1) is 12.7 Å². The molecule has 5 nitrogen and oxygen atoms in total. The summed E-state index contributed by atoms with van der Waals surface area (Å²) < 4.78 is 5.08. The third kappa shape index (κ3) is 3.45. The van der Waals surface area contributed by atoms with Crippen LogP contribution >= 0.6 is 0 Å². The highest BCUT2D eigenvalue weighted by Gasteiger charge is 2.17. The number of methoxy groups -OCH3 is 1. The Bertz CT molecular complexity index is 656. The highest BCUT2D eigenvalue weighted by Crippen LogP contribution is 2.24. The molecule has 0 radical (unpaired) electrons. The van der Waals surface area contributed by atoms with E-state index in [1.54, 1.807) is 19.2 Å². The Balaban J connectivity index is 2.19. The summed E-state index contributed by atoms with van der Waals surface area (Å²) in [6, 6.07) is 11.9. The first-order valence-electron chi connectivity index (χ1n) is 6.48. The topological polar surface area (TPSA) is 75.8 Å². The summed E-state index contributed by atoms with van der Waals surface area (Å²) in [5, 5.41) is 9.84. The van der Waals surface area contributed by atoms with Crippen LogP contribution < -0.4 is 10.5 Å². The molecule has 0 bridgehead atoms. The van der Waals surface area contributed by atoms with Crippen molar-refractivity contribution in [3.05, 3.63) is 53.6 Å². The molecule has 0 fully saturated rings. The summed E-state index contributed by atoms with van der Waals surface area (Å²) >= 11 is 0. The molecule has 2 rings (SSSR count). The number of nitrogens with two attached hydrogens (primary N) is 1. The average molecular weight is 286 g/mol. The molecule has 0 unspecified atom stereocenters. The molecule has 0 spiro atoms. The van der Waals surface area contributed by atoms with Crippen molar-refractivity contribution in [2.75, 3.05) is 19.9 Å². The standard InChI is InChI=1S/C16H18N2O3/c1-18(10-11-4-3-5-12(17)8-11)16(20)14-9-13(21-2)6-7-15(14)19/h3-9,19H,10,17H2,1-2H3. The molecule has 0 saturated carbocycles.